The first-order valence-corrected chi connectivity index (χ1v) is 9.41. The van der Waals surface area contributed by atoms with E-state index in [2.05, 4.69) is 24.3 Å². The van der Waals surface area contributed by atoms with Crippen molar-refractivity contribution in [2.45, 2.75) is 0 Å². The molecule has 0 bridgehead atoms. The minimum absolute atomic E-state index is 0.411. The monoisotopic (exact) mass is 378 g/mol. The molecule has 5 heteroatoms. The van der Waals surface area contributed by atoms with Gasteiger partial charge in [0.2, 0.25) is 0 Å². The molecule has 0 amide bonds. The summed E-state index contributed by atoms with van der Waals surface area (Å²) in [6.45, 7) is 0. The van der Waals surface area contributed by atoms with E-state index in [4.69, 9.17) is 8.83 Å². The zero-order valence-electron chi connectivity index (χ0n) is 15.3. The molecule has 6 rings (SSSR count). The van der Waals surface area contributed by atoms with Gasteiger partial charge in [-0.3, -0.25) is 0 Å². The molecular formula is C24H15BO4. The fraction of sp³-hybridized carbons (Fsp3) is 0. The number of hydrogen-bond acceptors (Lipinski definition) is 4. The molecule has 0 saturated heterocycles. The molecule has 2 aromatic heterocycles. The summed E-state index contributed by atoms with van der Waals surface area (Å²) in [5.74, 6) is 0. The maximum atomic E-state index is 9.40. The highest BCUT2D eigenvalue weighted by Gasteiger charge is 2.15. The maximum absolute atomic E-state index is 9.40. The van der Waals surface area contributed by atoms with E-state index in [1.165, 1.54) is 0 Å². The van der Waals surface area contributed by atoms with Crippen molar-refractivity contribution in [1.29, 1.82) is 0 Å². The Labute approximate surface area is 165 Å². The van der Waals surface area contributed by atoms with Crippen LogP contribution in [0.5, 0.6) is 0 Å². The van der Waals surface area contributed by atoms with Crippen LogP contribution in [0.1, 0.15) is 0 Å². The highest BCUT2D eigenvalue weighted by atomic mass is 16.4. The van der Waals surface area contributed by atoms with Crippen LogP contribution >= 0.6 is 0 Å². The predicted octanol–water partition coefficient (Wildman–Crippen LogP) is 4.83. The second-order valence-electron chi connectivity index (χ2n) is 7.25. The first-order chi connectivity index (χ1) is 14.2. The third-order valence-corrected chi connectivity index (χ3v) is 5.50. The fourth-order valence-electron chi connectivity index (χ4n) is 4.04. The first kappa shape index (κ1) is 16.4. The van der Waals surface area contributed by atoms with Gasteiger partial charge in [-0.15, -0.1) is 0 Å². The van der Waals surface area contributed by atoms with Crippen molar-refractivity contribution in [3.8, 4) is 11.1 Å². The van der Waals surface area contributed by atoms with Crippen molar-refractivity contribution < 1.29 is 18.9 Å². The van der Waals surface area contributed by atoms with Crippen LogP contribution in [0.15, 0.2) is 87.7 Å². The third-order valence-electron chi connectivity index (χ3n) is 5.50. The number of fused-ring (bicyclic) bond motifs is 6. The average Bonchev–Trinajstić information content (AvgIpc) is 3.30. The lowest BCUT2D eigenvalue weighted by Crippen LogP contribution is -2.29. The molecule has 0 aliphatic rings. The van der Waals surface area contributed by atoms with Gasteiger partial charge in [-0.1, -0.05) is 42.5 Å². The normalized spacial score (nSPS) is 11.8. The highest BCUT2D eigenvalue weighted by Crippen LogP contribution is 2.35. The van der Waals surface area contributed by atoms with E-state index in [1.54, 1.807) is 12.1 Å². The lowest BCUT2D eigenvalue weighted by Gasteiger charge is -2.02. The van der Waals surface area contributed by atoms with E-state index in [0.717, 1.165) is 49.4 Å². The van der Waals surface area contributed by atoms with Gasteiger partial charge < -0.3 is 18.9 Å². The molecule has 29 heavy (non-hydrogen) atoms. The van der Waals surface area contributed by atoms with Gasteiger partial charge in [-0.2, -0.15) is 0 Å². The van der Waals surface area contributed by atoms with E-state index in [-0.39, 0.29) is 0 Å². The summed E-state index contributed by atoms with van der Waals surface area (Å²) in [4.78, 5) is 0. The van der Waals surface area contributed by atoms with Crippen molar-refractivity contribution in [2.24, 2.45) is 0 Å². The predicted molar refractivity (Wildman–Crippen MR) is 116 cm³/mol. The quantitative estimate of drug-likeness (QED) is 0.424. The molecule has 2 heterocycles. The Kier molecular flexibility index (Phi) is 3.39. The number of furan rings is 2. The molecule has 0 radical (unpaired) electrons. The largest absolute Gasteiger partial charge is 0.488 e. The fourth-order valence-corrected chi connectivity index (χ4v) is 4.04. The van der Waals surface area contributed by atoms with Crippen LogP contribution in [0.4, 0.5) is 0 Å². The second-order valence-corrected chi connectivity index (χ2v) is 7.25. The van der Waals surface area contributed by atoms with Gasteiger partial charge in [0.25, 0.3) is 0 Å². The second kappa shape index (κ2) is 5.98. The lowest BCUT2D eigenvalue weighted by atomic mass is 9.80. The van der Waals surface area contributed by atoms with Crippen LogP contribution < -0.4 is 5.46 Å². The summed E-state index contributed by atoms with van der Waals surface area (Å²) < 4.78 is 11.8. The Bertz CT molecular complexity index is 1540. The van der Waals surface area contributed by atoms with Gasteiger partial charge in [-0.05, 0) is 53.0 Å². The molecule has 6 aromatic rings. The standard InChI is InChI=1S/C24H15BO4/c26-25(27)16-7-8-18-20-12-15(6-10-23(20)29-24(18)13-16)14-5-9-22-19(11-14)17-3-1-2-4-21(17)28-22/h1-13,26-27H. The van der Waals surface area contributed by atoms with E-state index in [1.807, 2.05) is 42.5 Å². The van der Waals surface area contributed by atoms with Crippen LogP contribution in [0.2, 0.25) is 0 Å². The summed E-state index contributed by atoms with van der Waals surface area (Å²) in [5, 5.41) is 22.9. The zero-order chi connectivity index (χ0) is 19.5. The highest BCUT2D eigenvalue weighted by molar-refractivity contribution is 6.58. The molecule has 138 valence electrons. The van der Waals surface area contributed by atoms with Gasteiger partial charge in [0.15, 0.2) is 0 Å². The van der Waals surface area contributed by atoms with E-state index in [9.17, 15) is 10.0 Å². The molecule has 2 N–H and O–H groups in total. The van der Waals surface area contributed by atoms with Gasteiger partial charge in [0.1, 0.15) is 22.3 Å². The minimum Gasteiger partial charge on any atom is -0.456 e. The zero-order valence-corrected chi connectivity index (χ0v) is 15.3. The van der Waals surface area contributed by atoms with E-state index in [0.29, 0.717) is 11.0 Å². The van der Waals surface area contributed by atoms with Crippen LogP contribution in [-0.4, -0.2) is 17.2 Å². The van der Waals surface area contributed by atoms with Gasteiger partial charge in [-0.25, -0.2) is 0 Å². The van der Waals surface area contributed by atoms with Crippen molar-refractivity contribution >= 4 is 56.5 Å². The molecule has 0 unspecified atom stereocenters. The number of benzene rings is 4. The average molecular weight is 378 g/mol. The van der Waals surface area contributed by atoms with Crippen molar-refractivity contribution in [3.05, 3.63) is 78.9 Å². The number of hydrogen-bond donors (Lipinski definition) is 2. The van der Waals surface area contributed by atoms with Crippen LogP contribution in [0, 0.1) is 0 Å². The number of rotatable bonds is 2. The molecular weight excluding hydrogens is 363 g/mol. The minimum atomic E-state index is -1.51. The summed E-state index contributed by atoms with van der Waals surface area (Å²) in [5.41, 5.74) is 5.76. The summed E-state index contributed by atoms with van der Waals surface area (Å²) in [7, 11) is -1.51. The van der Waals surface area contributed by atoms with Crippen molar-refractivity contribution in [2.75, 3.05) is 0 Å². The topological polar surface area (TPSA) is 66.7 Å². The summed E-state index contributed by atoms with van der Waals surface area (Å²) in [6, 6.07) is 25.6. The van der Waals surface area contributed by atoms with E-state index < -0.39 is 7.12 Å². The van der Waals surface area contributed by atoms with Crippen LogP contribution in [-0.2, 0) is 0 Å². The summed E-state index contributed by atoms with van der Waals surface area (Å²) in [6.07, 6.45) is 0. The third kappa shape index (κ3) is 2.49. The Morgan fingerprint density at radius 3 is 1.79 bits per heavy atom. The van der Waals surface area contributed by atoms with Crippen molar-refractivity contribution in [3.63, 3.8) is 0 Å². The molecule has 4 nitrogen and oxygen atoms in total. The Morgan fingerprint density at radius 1 is 0.517 bits per heavy atom. The van der Waals surface area contributed by atoms with E-state index >= 15 is 0 Å². The molecule has 0 spiro atoms. The van der Waals surface area contributed by atoms with Crippen LogP contribution in [0.3, 0.4) is 0 Å². The lowest BCUT2D eigenvalue weighted by molar-refractivity contribution is 0.425. The molecule has 0 atom stereocenters. The molecule has 0 aliphatic carbocycles. The smallest absolute Gasteiger partial charge is 0.456 e. The number of para-hydroxylation sites is 1. The maximum Gasteiger partial charge on any atom is 0.488 e. The summed E-state index contributed by atoms with van der Waals surface area (Å²) >= 11 is 0. The molecule has 0 fully saturated rings. The van der Waals surface area contributed by atoms with Crippen LogP contribution in [0.25, 0.3) is 55.0 Å². The molecule has 0 saturated carbocycles. The molecule has 0 aliphatic heterocycles. The van der Waals surface area contributed by atoms with Gasteiger partial charge in [0.05, 0.1) is 0 Å². The Balaban J connectivity index is 1.55. The first-order valence-electron chi connectivity index (χ1n) is 9.41. The molecule has 4 aromatic carbocycles. The SMILES string of the molecule is OB(O)c1ccc2c(c1)oc1ccc(-c3ccc4oc5ccccc5c4c3)cc12. The Hall–Kier alpha value is -3.54. The Morgan fingerprint density at radius 2 is 1.10 bits per heavy atom. The van der Waals surface area contributed by atoms with Gasteiger partial charge in [0, 0.05) is 21.5 Å². The van der Waals surface area contributed by atoms with Crippen molar-refractivity contribution in [1.82, 2.24) is 0 Å². The van der Waals surface area contributed by atoms with Gasteiger partial charge >= 0.3 is 7.12 Å².